The van der Waals surface area contributed by atoms with Gasteiger partial charge in [0, 0.05) is 32.4 Å². The Labute approximate surface area is 190 Å². The predicted molar refractivity (Wildman–Crippen MR) is 128 cm³/mol. The number of rotatable bonds is 7. The lowest BCUT2D eigenvalue weighted by molar-refractivity contribution is 0.269. The number of guanidine groups is 1. The summed E-state index contributed by atoms with van der Waals surface area (Å²) in [5.74, 6) is 1.63. The Balaban J connectivity index is 1.32. The number of hydrogen-bond donors (Lipinski definition) is 2. The molecule has 0 bridgehead atoms. The van der Waals surface area contributed by atoms with E-state index in [1.54, 1.807) is 0 Å². The van der Waals surface area contributed by atoms with Crippen LogP contribution in [0.3, 0.4) is 0 Å². The highest BCUT2D eigenvalue weighted by molar-refractivity contribution is 5.79. The third kappa shape index (κ3) is 6.05. The maximum Gasteiger partial charge on any atom is 0.191 e. The number of aromatic nitrogens is 3. The van der Waals surface area contributed by atoms with Crippen LogP contribution in [0.25, 0.3) is 5.65 Å². The highest BCUT2D eigenvalue weighted by Gasteiger charge is 2.12. The topological polar surface area (TPSA) is 73.1 Å². The summed E-state index contributed by atoms with van der Waals surface area (Å²) in [6.45, 7) is 9.74. The van der Waals surface area contributed by atoms with E-state index in [0.29, 0.717) is 13.1 Å². The summed E-state index contributed by atoms with van der Waals surface area (Å²) in [7, 11) is 2.21. The molecule has 1 fully saturated rings. The van der Waals surface area contributed by atoms with Crippen molar-refractivity contribution >= 4 is 11.6 Å². The van der Waals surface area contributed by atoms with Gasteiger partial charge in [-0.2, -0.15) is 0 Å². The predicted octanol–water partition coefficient (Wildman–Crippen LogP) is 2.12. The minimum atomic E-state index is 0.557. The fraction of sp³-hybridized carbons (Fsp3) is 0.458. The number of nitrogens with zero attached hydrogens (tertiary/aromatic N) is 6. The quantitative estimate of drug-likeness (QED) is 0.438. The number of pyridine rings is 1. The van der Waals surface area contributed by atoms with Crippen molar-refractivity contribution < 1.29 is 0 Å². The number of aliphatic imine (C=N–C) groups is 1. The lowest BCUT2D eigenvalue weighted by Gasteiger charge is -2.20. The largest absolute Gasteiger partial charge is 0.357 e. The zero-order valence-electron chi connectivity index (χ0n) is 19.2. The number of likely N-dealkylation sites (N-methyl/N-ethyl adjacent to an activating group) is 1. The Morgan fingerprint density at radius 2 is 1.81 bits per heavy atom. The first-order valence-electron chi connectivity index (χ1n) is 11.5. The molecule has 170 valence electrons. The Kier molecular flexibility index (Phi) is 7.68. The third-order valence-electron chi connectivity index (χ3n) is 5.80. The molecule has 0 amide bonds. The van der Waals surface area contributed by atoms with Gasteiger partial charge in [0.1, 0.15) is 0 Å². The SMILES string of the molecule is CCNC(=NCc1ccc(CN2CCCN(C)CC2)cc1)NCc1nnc2ccccn12. The molecule has 8 heteroatoms. The van der Waals surface area contributed by atoms with Crippen LogP contribution in [0.2, 0.25) is 0 Å². The van der Waals surface area contributed by atoms with Crippen LogP contribution < -0.4 is 10.6 Å². The molecule has 0 radical (unpaired) electrons. The Hall–Kier alpha value is -2.97. The van der Waals surface area contributed by atoms with Crippen LogP contribution in [-0.4, -0.2) is 70.1 Å². The van der Waals surface area contributed by atoms with Crippen molar-refractivity contribution in [3.8, 4) is 0 Å². The van der Waals surface area contributed by atoms with Crippen molar-refractivity contribution in [2.24, 2.45) is 4.99 Å². The van der Waals surface area contributed by atoms with Gasteiger partial charge in [-0.15, -0.1) is 10.2 Å². The molecular weight excluding hydrogens is 400 g/mol. The van der Waals surface area contributed by atoms with E-state index >= 15 is 0 Å². The third-order valence-corrected chi connectivity index (χ3v) is 5.80. The molecule has 8 nitrogen and oxygen atoms in total. The van der Waals surface area contributed by atoms with E-state index in [2.05, 4.69) is 68.9 Å². The molecule has 3 aromatic rings. The molecule has 0 saturated carbocycles. The van der Waals surface area contributed by atoms with E-state index in [1.165, 1.54) is 30.6 Å². The van der Waals surface area contributed by atoms with Crippen molar-refractivity contribution in [2.75, 3.05) is 39.8 Å². The van der Waals surface area contributed by atoms with E-state index in [0.717, 1.165) is 43.6 Å². The van der Waals surface area contributed by atoms with Crippen LogP contribution in [0.1, 0.15) is 30.3 Å². The summed E-state index contributed by atoms with van der Waals surface area (Å²) in [6, 6.07) is 14.8. The van der Waals surface area contributed by atoms with Gasteiger partial charge < -0.3 is 15.5 Å². The summed E-state index contributed by atoms with van der Waals surface area (Å²) >= 11 is 0. The molecule has 1 aromatic carbocycles. The molecule has 0 aliphatic carbocycles. The number of benzene rings is 1. The molecule has 1 saturated heterocycles. The van der Waals surface area contributed by atoms with Gasteiger partial charge in [-0.3, -0.25) is 9.30 Å². The number of fused-ring (bicyclic) bond motifs is 1. The fourth-order valence-corrected chi connectivity index (χ4v) is 3.95. The van der Waals surface area contributed by atoms with Crippen molar-refractivity contribution in [1.82, 2.24) is 35.0 Å². The van der Waals surface area contributed by atoms with E-state index in [1.807, 2.05) is 28.8 Å². The summed E-state index contributed by atoms with van der Waals surface area (Å²) in [5, 5.41) is 15.2. The van der Waals surface area contributed by atoms with Crippen molar-refractivity contribution in [3.05, 3.63) is 65.6 Å². The van der Waals surface area contributed by atoms with Gasteiger partial charge in [-0.25, -0.2) is 4.99 Å². The second-order valence-corrected chi connectivity index (χ2v) is 8.34. The first kappa shape index (κ1) is 22.2. The second-order valence-electron chi connectivity index (χ2n) is 8.34. The minimum absolute atomic E-state index is 0.557. The molecular formula is C24H34N8. The average Bonchev–Trinajstić information content (AvgIpc) is 3.12. The average molecular weight is 435 g/mol. The normalized spacial score (nSPS) is 16.2. The molecule has 4 rings (SSSR count). The van der Waals surface area contributed by atoms with Gasteiger partial charge in [-0.1, -0.05) is 30.3 Å². The van der Waals surface area contributed by atoms with Crippen molar-refractivity contribution in [2.45, 2.75) is 33.0 Å². The van der Waals surface area contributed by atoms with Gasteiger partial charge in [-0.05, 0) is 56.7 Å². The van der Waals surface area contributed by atoms with Gasteiger partial charge in [0.2, 0.25) is 0 Å². The van der Waals surface area contributed by atoms with Crippen LogP contribution in [0, 0.1) is 0 Å². The summed E-state index contributed by atoms with van der Waals surface area (Å²) in [6.07, 6.45) is 3.22. The molecule has 2 aromatic heterocycles. The highest BCUT2D eigenvalue weighted by Crippen LogP contribution is 2.11. The van der Waals surface area contributed by atoms with E-state index < -0.39 is 0 Å². The van der Waals surface area contributed by atoms with Crippen molar-refractivity contribution in [1.29, 1.82) is 0 Å². The first-order chi connectivity index (χ1) is 15.7. The van der Waals surface area contributed by atoms with E-state index in [9.17, 15) is 0 Å². The summed E-state index contributed by atoms with van der Waals surface area (Å²) in [4.78, 5) is 9.72. The summed E-state index contributed by atoms with van der Waals surface area (Å²) in [5.41, 5.74) is 3.42. The lowest BCUT2D eigenvalue weighted by Crippen LogP contribution is -2.37. The van der Waals surface area contributed by atoms with Crippen LogP contribution >= 0.6 is 0 Å². The smallest absolute Gasteiger partial charge is 0.191 e. The molecule has 0 unspecified atom stereocenters. The number of nitrogens with one attached hydrogen (secondary N) is 2. The van der Waals surface area contributed by atoms with E-state index in [4.69, 9.17) is 4.99 Å². The minimum Gasteiger partial charge on any atom is -0.357 e. The van der Waals surface area contributed by atoms with Gasteiger partial charge in [0.05, 0.1) is 13.1 Å². The Bertz CT molecular complexity index is 1010. The number of hydrogen-bond acceptors (Lipinski definition) is 5. The highest BCUT2D eigenvalue weighted by atomic mass is 15.3. The zero-order valence-corrected chi connectivity index (χ0v) is 19.2. The second kappa shape index (κ2) is 11.1. The molecule has 0 atom stereocenters. The maximum atomic E-state index is 4.75. The summed E-state index contributed by atoms with van der Waals surface area (Å²) < 4.78 is 1.98. The Morgan fingerprint density at radius 3 is 2.66 bits per heavy atom. The van der Waals surface area contributed by atoms with Crippen LogP contribution in [0.4, 0.5) is 0 Å². The van der Waals surface area contributed by atoms with Crippen LogP contribution in [0.5, 0.6) is 0 Å². The van der Waals surface area contributed by atoms with Crippen molar-refractivity contribution in [3.63, 3.8) is 0 Å². The molecule has 0 spiro atoms. The van der Waals surface area contributed by atoms with Gasteiger partial charge in [0.25, 0.3) is 0 Å². The van der Waals surface area contributed by atoms with Gasteiger partial charge in [0.15, 0.2) is 17.4 Å². The lowest BCUT2D eigenvalue weighted by atomic mass is 10.1. The molecule has 1 aliphatic heterocycles. The maximum absolute atomic E-state index is 4.75. The fourth-order valence-electron chi connectivity index (χ4n) is 3.95. The molecule has 32 heavy (non-hydrogen) atoms. The van der Waals surface area contributed by atoms with Crippen LogP contribution in [0.15, 0.2) is 53.7 Å². The molecule has 1 aliphatic rings. The first-order valence-corrected chi connectivity index (χ1v) is 11.5. The monoisotopic (exact) mass is 434 g/mol. The molecule has 3 heterocycles. The van der Waals surface area contributed by atoms with Crippen LogP contribution in [-0.2, 0) is 19.6 Å². The molecule has 2 N–H and O–H groups in total. The standard InChI is InChI=1S/C24H34N8/c1-3-25-24(27-18-23-29-28-22-7-4-5-14-32(22)23)26-17-20-8-10-21(11-9-20)19-31-13-6-12-30(2)15-16-31/h4-5,7-11,14H,3,6,12-13,15-19H2,1-2H3,(H2,25,26,27). The Morgan fingerprint density at radius 1 is 0.969 bits per heavy atom. The van der Waals surface area contributed by atoms with Gasteiger partial charge >= 0.3 is 0 Å². The van der Waals surface area contributed by atoms with E-state index in [-0.39, 0.29) is 0 Å². The zero-order chi connectivity index (χ0) is 22.2.